The van der Waals surface area contributed by atoms with Gasteiger partial charge < -0.3 is 8.83 Å². The Kier molecular flexibility index (Phi) is 4.49. The Morgan fingerprint density at radius 3 is 1.39 bits per heavy atom. The van der Waals surface area contributed by atoms with Gasteiger partial charge in [0, 0.05) is 38.2 Å². The lowest BCUT2D eigenvalue weighted by Crippen LogP contribution is -1.95. The first-order chi connectivity index (χ1) is 18.8. The standard InChI is InChI=1S/C34H20N2O2/c1-2-8-21(9-3-1)34-35-28(22-14-16-26-24-10-4-6-12-30(24)37-32(26)18-22)20-29(36-34)23-15-17-27-25-11-5-7-13-31(25)38-33(27)19-23/h1-20H. The van der Waals surface area contributed by atoms with Gasteiger partial charge in [-0.05, 0) is 42.5 Å². The molecule has 0 saturated carbocycles. The molecule has 0 saturated heterocycles. The van der Waals surface area contributed by atoms with Crippen molar-refractivity contribution in [2.24, 2.45) is 0 Å². The highest BCUT2D eigenvalue weighted by molar-refractivity contribution is 6.07. The predicted octanol–water partition coefficient (Wildman–Crippen LogP) is 9.28. The minimum atomic E-state index is 0.674. The molecule has 0 atom stereocenters. The van der Waals surface area contributed by atoms with Gasteiger partial charge in [0.2, 0.25) is 0 Å². The van der Waals surface area contributed by atoms with Gasteiger partial charge >= 0.3 is 0 Å². The molecule has 0 amide bonds. The minimum absolute atomic E-state index is 0.674. The molecule has 0 aliphatic heterocycles. The van der Waals surface area contributed by atoms with E-state index in [1.54, 1.807) is 0 Å². The number of hydrogen-bond acceptors (Lipinski definition) is 4. The van der Waals surface area contributed by atoms with E-state index in [2.05, 4.69) is 48.5 Å². The molecular weight excluding hydrogens is 468 g/mol. The highest BCUT2D eigenvalue weighted by Gasteiger charge is 2.14. The molecule has 3 aromatic heterocycles. The Morgan fingerprint density at radius 1 is 0.368 bits per heavy atom. The summed E-state index contributed by atoms with van der Waals surface area (Å²) >= 11 is 0. The van der Waals surface area contributed by atoms with Crippen LogP contribution < -0.4 is 0 Å². The summed E-state index contributed by atoms with van der Waals surface area (Å²) in [5.74, 6) is 0.674. The van der Waals surface area contributed by atoms with Gasteiger partial charge in [0.1, 0.15) is 22.3 Å². The quantitative estimate of drug-likeness (QED) is 0.249. The SMILES string of the molecule is c1ccc(-c2nc(-c3ccc4c(c3)oc3ccccc34)cc(-c3ccc4c(c3)oc3ccccc34)n2)cc1. The number of para-hydroxylation sites is 2. The summed E-state index contributed by atoms with van der Waals surface area (Å²) in [5.41, 5.74) is 8.03. The van der Waals surface area contributed by atoms with Crippen LogP contribution in [0.4, 0.5) is 0 Å². The molecule has 0 radical (unpaired) electrons. The van der Waals surface area contributed by atoms with Crippen LogP contribution in [0.15, 0.2) is 130 Å². The van der Waals surface area contributed by atoms with Crippen LogP contribution in [0.2, 0.25) is 0 Å². The third-order valence-electron chi connectivity index (χ3n) is 7.11. The van der Waals surface area contributed by atoms with Gasteiger partial charge in [-0.1, -0.05) is 78.9 Å². The monoisotopic (exact) mass is 488 g/mol. The average Bonchev–Trinajstić information content (AvgIpc) is 3.54. The van der Waals surface area contributed by atoms with E-state index < -0.39 is 0 Å². The summed E-state index contributed by atoms with van der Waals surface area (Å²) in [7, 11) is 0. The molecule has 178 valence electrons. The van der Waals surface area contributed by atoms with Crippen molar-refractivity contribution in [1.82, 2.24) is 9.97 Å². The molecule has 0 fully saturated rings. The molecule has 4 nitrogen and oxygen atoms in total. The normalized spacial score (nSPS) is 11.7. The highest BCUT2D eigenvalue weighted by Crippen LogP contribution is 2.35. The van der Waals surface area contributed by atoms with E-state index in [4.69, 9.17) is 18.8 Å². The largest absolute Gasteiger partial charge is 0.456 e. The first kappa shape index (κ1) is 20.9. The van der Waals surface area contributed by atoms with Gasteiger partial charge in [0.05, 0.1) is 11.4 Å². The number of aromatic nitrogens is 2. The van der Waals surface area contributed by atoms with Crippen LogP contribution in [0.1, 0.15) is 0 Å². The summed E-state index contributed by atoms with van der Waals surface area (Å²) < 4.78 is 12.3. The van der Waals surface area contributed by atoms with Crippen LogP contribution in [0.25, 0.3) is 77.8 Å². The molecule has 38 heavy (non-hydrogen) atoms. The van der Waals surface area contributed by atoms with Gasteiger partial charge in [0.15, 0.2) is 5.82 Å². The minimum Gasteiger partial charge on any atom is -0.456 e. The fourth-order valence-electron chi connectivity index (χ4n) is 5.23. The van der Waals surface area contributed by atoms with Crippen molar-refractivity contribution < 1.29 is 8.83 Å². The Hall–Kier alpha value is -5.22. The summed E-state index contributed by atoms with van der Waals surface area (Å²) in [5, 5.41) is 4.41. The number of fused-ring (bicyclic) bond motifs is 6. The number of furan rings is 2. The lowest BCUT2D eigenvalue weighted by Gasteiger charge is -2.09. The first-order valence-corrected chi connectivity index (χ1v) is 12.6. The zero-order valence-electron chi connectivity index (χ0n) is 20.3. The molecule has 0 N–H and O–H groups in total. The Bertz CT molecular complexity index is 2010. The van der Waals surface area contributed by atoms with Gasteiger partial charge in [-0.15, -0.1) is 0 Å². The summed E-state index contributed by atoms with van der Waals surface area (Å²) in [6, 6.07) is 40.9. The van der Waals surface area contributed by atoms with Crippen molar-refractivity contribution in [3.8, 4) is 33.9 Å². The Balaban J connectivity index is 1.33. The fourth-order valence-corrected chi connectivity index (χ4v) is 5.23. The third-order valence-corrected chi connectivity index (χ3v) is 7.11. The smallest absolute Gasteiger partial charge is 0.160 e. The molecule has 0 bridgehead atoms. The van der Waals surface area contributed by atoms with Crippen molar-refractivity contribution in [3.05, 3.63) is 121 Å². The number of nitrogens with zero attached hydrogens (tertiary/aromatic N) is 2. The summed E-state index contributed by atoms with van der Waals surface area (Å²) in [4.78, 5) is 9.96. The second-order valence-corrected chi connectivity index (χ2v) is 9.45. The predicted molar refractivity (Wildman–Crippen MR) is 153 cm³/mol. The molecule has 8 rings (SSSR count). The number of benzene rings is 5. The van der Waals surface area contributed by atoms with E-state index in [9.17, 15) is 0 Å². The van der Waals surface area contributed by atoms with Gasteiger partial charge in [-0.3, -0.25) is 0 Å². The van der Waals surface area contributed by atoms with Crippen molar-refractivity contribution in [2.45, 2.75) is 0 Å². The second-order valence-electron chi connectivity index (χ2n) is 9.45. The molecule has 4 heteroatoms. The van der Waals surface area contributed by atoms with Crippen LogP contribution in [-0.2, 0) is 0 Å². The van der Waals surface area contributed by atoms with E-state index in [1.807, 2.05) is 72.8 Å². The highest BCUT2D eigenvalue weighted by atomic mass is 16.3. The molecule has 5 aromatic carbocycles. The second kappa shape index (κ2) is 8.15. The molecule has 0 spiro atoms. The maximum absolute atomic E-state index is 6.17. The fraction of sp³-hybridized carbons (Fsp3) is 0. The van der Waals surface area contributed by atoms with Crippen LogP contribution in [0, 0.1) is 0 Å². The van der Waals surface area contributed by atoms with Gasteiger partial charge in [0.25, 0.3) is 0 Å². The third kappa shape index (κ3) is 3.31. The van der Waals surface area contributed by atoms with Crippen molar-refractivity contribution in [3.63, 3.8) is 0 Å². The average molecular weight is 489 g/mol. The zero-order valence-corrected chi connectivity index (χ0v) is 20.3. The Labute approximate surface area is 217 Å². The zero-order chi connectivity index (χ0) is 25.1. The van der Waals surface area contributed by atoms with Crippen LogP contribution in [0.3, 0.4) is 0 Å². The molecular formula is C34H20N2O2. The van der Waals surface area contributed by atoms with Crippen molar-refractivity contribution >= 4 is 43.9 Å². The van der Waals surface area contributed by atoms with Crippen LogP contribution >= 0.6 is 0 Å². The molecule has 0 unspecified atom stereocenters. The van der Waals surface area contributed by atoms with Crippen LogP contribution in [-0.4, -0.2) is 9.97 Å². The first-order valence-electron chi connectivity index (χ1n) is 12.6. The lowest BCUT2D eigenvalue weighted by molar-refractivity contribution is 0.668. The van der Waals surface area contributed by atoms with Gasteiger partial charge in [-0.25, -0.2) is 9.97 Å². The topological polar surface area (TPSA) is 52.1 Å². The van der Waals surface area contributed by atoms with Crippen LogP contribution in [0.5, 0.6) is 0 Å². The van der Waals surface area contributed by atoms with E-state index in [0.717, 1.165) is 72.0 Å². The molecule has 0 aliphatic carbocycles. The van der Waals surface area contributed by atoms with E-state index >= 15 is 0 Å². The van der Waals surface area contributed by atoms with E-state index in [1.165, 1.54) is 0 Å². The van der Waals surface area contributed by atoms with E-state index in [0.29, 0.717) is 5.82 Å². The van der Waals surface area contributed by atoms with E-state index in [-0.39, 0.29) is 0 Å². The number of rotatable bonds is 3. The van der Waals surface area contributed by atoms with Crippen molar-refractivity contribution in [1.29, 1.82) is 0 Å². The Morgan fingerprint density at radius 2 is 0.842 bits per heavy atom. The number of hydrogen-bond donors (Lipinski definition) is 0. The lowest BCUT2D eigenvalue weighted by atomic mass is 10.0. The maximum Gasteiger partial charge on any atom is 0.160 e. The maximum atomic E-state index is 6.17. The summed E-state index contributed by atoms with van der Waals surface area (Å²) in [6.07, 6.45) is 0. The molecule has 3 heterocycles. The van der Waals surface area contributed by atoms with Gasteiger partial charge in [-0.2, -0.15) is 0 Å². The molecule has 0 aliphatic rings. The summed E-state index contributed by atoms with van der Waals surface area (Å²) in [6.45, 7) is 0. The molecule has 8 aromatic rings. The van der Waals surface area contributed by atoms with Crippen molar-refractivity contribution in [2.75, 3.05) is 0 Å².